The number of aliphatic hydroxyl groups excluding tert-OH is 1. The third-order valence-electron chi connectivity index (χ3n) is 4.71. The highest BCUT2D eigenvalue weighted by Gasteiger charge is 2.50. The zero-order valence-corrected chi connectivity index (χ0v) is 9.59. The number of allylic oxidation sites excluding steroid dienone is 2. The van der Waals surface area contributed by atoms with Gasteiger partial charge >= 0.3 is 0 Å². The summed E-state index contributed by atoms with van der Waals surface area (Å²) in [6, 6.07) is 0. The summed E-state index contributed by atoms with van der Waals surface area (Å²) < 4.78 is 0. The summed E-state index contributed by atoms with van der Waals surface area (Å²) in [5.41, 5.74) is 0.537. The highest BCUT2D eigenvalue weighted by Crippen LogP contribution is 2.55. The van der Waals surface area contributed by atoms with Crippen LogP contribution in [0.1, 0.15) is 46.5 Å². The topological polar surface area (TPSA) is 20.2 Å². The Kier molecular flexibility index (Phi) is 2.26. The van der Waals surface area contributed by atoms with Crippen LogP contribution < -0.4 is 0 Å². The Labute approximate surface area is 87.2 Å². The fourth-order valence-electron chi connectivity index (χ4n) is 3.56. The smallest absolute Gasteiger partial charge is 0.0594 e. The molecule has 2 aliphatic rings. The molecule has 0 aromatic heterocycles. The molecule has 1 fully saturated rings. The third kappa shape index (κ3) is 1.33. The second kappa shape index (κ2) is 3.10. The Balaban J connectivity index is 2.31. The summed E-state index contributed by atoms with van der Waals surface area (Å²) in [4.78, 5) is 0. The van der Waals surface area contributed by atoms with E-state index in [4.69, 9.17) is 0 Å². The van der Waals surface area contributed by atoms with Crippen molar-refractivity contribution in [2.24, 2.45) is 16.7 Å². The third-order valence-corrected chi connectivity index (χ3v) is 4.71. The van der Waals surface area contributed by atoms with Crippen molar-refractivity contribution in [3.05, 3.63) is 12.2 Å². The molecule has 0 aliphatic heterocycles. The van der Waals surface area contributed by atoms with E-state index in [1.165, 1.54) is 12.8 Å². The first kappa shape index (κ1) is 10.2. The lowest BCUT2D eigenvalue weighted by Gasteiger charge is -2.54. The molecule has 0 saturated heterocycles. The maximum absolute atomic E-state index is 10.1. The minimum Gasteiger partial charge on any atom is -0.393 e. The van der Waals surface area contributed by atoms with Gasteiger partial charge in [-0.2, -0.15) is 0 Å². The molecule has 80 valence electrons. The standard InChI is InChI=1S/C13H22O/c1-12(2)10-6-4-5-8-13(10,3)9-7-11(12)14/h4-5,10-11,14H,6-9H2,1-3H3/t10-,11+,13+/m0/s1. The monoisotopic (exact) mass is 194 g/mol. The van der Waals surface area contributed by atoms with E-state index in [-0.39, 0.29) is 11.5 Å². The molecule has 0 amide bonds. The quantitative estimate of drug-likeness (QED) is 0.587. The van der Waals surface area contributed by atoms with E-state index in [1.54, 1.807) is 0 Å². The van der Waals surface area contributed by atoms with Crippen LogP contribution in [0.25, 0.3) is 0 Å². The summed E-state index contributed by atoms with van der Waals surface area (Å²) in [5, 5.41) is 10.1. The Hall–Kier alpha value is -0.300. The number of fused-ring (bicyclic) bond motifs is 1. The molecule has 2 aliphatic carbocycles. The molecule has 1 N–H and O–H groups in total. The number of aliphatic hydroxyl groups is 1. The zero-order valence-electron chi connectivity index (χ0n) is 9.59. The fourth-order valence-corrected chi connectivity index (χ4v) is 3.56. The van der Waals surface area contributed by atoms with Crippen LogP contribution in [-0.4, -0.2) is 11.2 Å². The minimum absolute atomic E-state index is 0.0950. The van der Waals surface area contributed by atoms with Crippen molar-refractivity contribution in [3.8, 4) is 0 Å². The first-order valence-electron chi connectivity index (χ1n) is 5.80. The lowest BCUT2D eigenvalue weighted by atomic mass is 9.52. The maximum atomic E-state index is 10.1. The van der Waals surface area contributed by atoms with E-state index in [0.29, 0.717) is 11.3 Å². The molecule has 0 aromatic rings. The molecule has 0 bridgehead atoms. The van der Waals surface area contributed by atoms with Crippen molar-refractivity contribution in [1.82, 2.24) is 0 Å². The number of hydrogen-bond donors (Lipinski definition) is 1. The number of hydrogen-bond acceptors (Lipinski definition) is 1. The predicted octanol–water partition coefficient (Wildman–Crippen LogP) is 3.14. The van der Waals surface area contributed by atoms with Gasteiger partial charge in [0, 0.05) is 0 Å². The summed E-state index contributed by atoms with van der Waals surface area (Å²) >= 11 is 0. The molecule has 0 aromatic carbocycles. The lowest BCUT2D eigenvalue weighted by Crippen LogP contribution is -2.50. The molecular formula is C13H22O. The lowest BCUT2D eigenvalue weighted by molar-refractivity contribution is -0.0951. The first-order chi connectivity index (χ1) is 6.47. The van der Waals surface area contributed by atoms with Crippen molar-refractivity contribution in [2.45, 2.75) is 52.6 Å². The molecule has 2 rings (SSSR count). The Morgan fingerprint density at radius 3 is 2.64 bits per heavy atom. The SMILES string of the molecule is CC1(C)[C@H](O)CC[C@@]2(C)CC=CC[C@@H]12. The largest absolute Gasteiger partial charge is 0.393 e. The second-order valence-corrected chi connectivity index (χ2v) is 5.99. The summed E-state index contributed by atoms with van der Waals surface area (Å²) in [5.74, 6) is 0.656. The Morgan fingerprint density at radius 2 is 1.93 bits per heavy atom. The Bertz CT molecular complexity index is 254. The second-order valence-electron chi connectivity index (χ2n) is 5.99. The molecule has 14 heavy (non-hydrogen) atoms. The van der Waals surface area contributed by atoms with Crippen LogP contribution in [0.2, 0.25) is 0 Å². The van der Waals surface area contributed by atoms with Gasteiger partial charge in [-0.1, -0.05) is 32.9 Å². The van der Waals surface area contributed by atoms with Crippen molar-refractivity contribution < 1.29 is 5.11 Å². The molecule has 0 radical (unpaired) electrons. The van der Waals surface area contributed by atoms with Crippen molar-refractivity contribution in [3.63, 3.8) is 0 Å². The van der Waals surface area contributed by atoms with Crippen LogP contribution in [0, 0.1) is 16.7 Å². The van der Waals surface area contributed by atoms with E-state index in [1.807, 2.05) is 0 Å². The fraction of sp³-hybridized carbons (Fsp3) is 0.846. The van der Waals surface area contributed by atoms with Crippen LogP contribution in [0.15, 0.2) is 12.2 Å². The highest BCUT2D eigenvalue weighted by molar-refractivity contribution is 5.08. The molecule has 1 saturated carbocycles. The van der Waals surface area contributed by atoms with Gasteiger partial charge in [0.05, 0.1) is 6.10 Å². The van der Waals surface area contributed by atoms with Crippen LogP contribution in [0.4, 0.5) is 0 Å². The summed E-state index contributed by atoms with van der Waals surface area (Å²) in [7, 11) is 0. The van der Waals surface area contributed by atoms with Gasteiger partial charge in [0.2, 0.25) is 0 Å². The Morgan fingerprint density at radius 1 is 1.21 bits per heavy atom. The van der Waals surface area contributed by atoms with E-state index in [2.05, 4.69) is 32.9 Å². The maximum Gasteiger partial charge on any atom is 0.0594 e. The molecule has 0 spiro atoms. The van der Waals surface area contributed by atoms with Crippen LogP contribution >= 0.6 is 0 Å². The predicted molar refractivity (Wildman–Crippen MR) is 59.0 cm³/mol. The molecule has 1 heteroatoms. The van der Waals surface area contributed by atoms with Gasteiger partial charge in [-0.3, -0.25) is 0 Å². The number of rotatable bonds is 0. The van der Waals surface area contributed by atoms with E-state index in [9.17, 15) is 5.11 Å². The molecular weight excluding hydrogens is 172 g/mol. The van der Waals surface area contributed by atoms with Gasteiger partial charge in [0.15, 0.2) is 0 Å². The highest BCUT2D eigenvalue weighted by atomic mass is 16.3. The van der Waals surface area contributed by atoms with Gasteiger partial charge in [-0.15, -0.1) is 0 Å². The van der Waals surface area contributed by atoms with Crippen LogP contribution in [0.3, 0.4) is 0 Å². The average molecular weight is 194 g/mol. The average Bonchev–Trinajstić information content (AvgIpc) is 2.13. The van der Waals surface area contributed by atoms with Crippen LogP contribution in [0.5, 0.6) is 0 Å². The van der Waals surface area contributed by atoms with Gasteiger partial charge in [-0.05, 0) is 42.4 Å². The zero-order chi connectivity index (χ0) is 10.4. The van der Waals surface area contributed by atoms with Gasteiger partial charge < -0.3 is 5.11 Å². The van der Waals surface area contributed by atoms with Crippen LogP contribution in [-0.2, 0) is 0 Å². The molecule has 0 heterocycles. The van der Waals surface area contributed by atoms with Crippen molar-refractivity contribution in [2.75, 3.05) is 0 Å². The van der Waals surface area contributed by atoms with Gasteiger partial charge in [-0.25, -0.2) is 0 Å². The van der Waals surface area contributed by atoms with Gasteiger partial charge in [0.1, 0.15) is 0 Å². The minimum atomic E-state index is -0.105. The molecule has 1 nitrogen and oxygen atoms in total. The van der Waals surface area contributed by atoms with Crippen molar-refractivity contribution >= 4 is 0 Å². The van der Waals surface area contributed by atoms with E-state index >= 15 is 0 Å². The summed E-state index contributed by atoms with van der Waals surface area (Å²) in [6.07, 6.45) is 9.04. The van der Waals surface area contributed by atoms with Gasteiger partial charge in [0.25, 0.3) is 0 Å². The molecule has 3 atom stereocenters. The van der Waals surface area contributed by atoms with E-state index < -0.39 is 0 Å². The summed E-state index contributed by atoms with van der Waals surface area (Å²) in [6.45, 7) is 6.87. The first-order valence-corrected chi connectivity index (χ1v) is 5.80. The normalized spacial score (nSPS) is 46.0. The van der Waals surface area contributed by atoms with E-state index in [0.717, 1.165) is 12.8 Å². The van der Waals surface area contributed by atoms with Crippen molar-refractivity contribution in [1.29, 1.82) is 0 Å². The molecule has 0 unspecified atom stereocenters.